The molecule has 3 heteroatoms. The van der Waals surface area contributed by atoms with E-state index in [0.29, 0.717) is 5.56 Å². The van der Waals surface area contributed by atoms with E-state index >= 15 is 0 Å². The Kier molecular flexibility index (Phi) is 3.92. The Morgan fingerprint density at radius 1 is 1.11 bits per heavy atom. The van der Waals surface area contributed by atoms with Crippen LogP contribution in [0.5, 0.6) is 5.75 Å². The van der Waals surface area contributed by atoms with Crippen LogP contribution in [-0.4, -0.2) is 8.32 Å². The van der Waals surface area contributed by atoms with Crippen LogP contribution >= 0.6 is 0 Å². The van der Waals surface area contributed by atoms with Crippen molar-refractivity contribution in [2.75, 3.05) is 0 Å². The zero-order valence-corrected chi connectivity index (χ0v) is 13.5. The highest BCUT2D eigenvalue weighted by molar-refractivity contribution is 6.74. The van der Waals surface area contributed by atoms with Crippen LogP contribution in [0, 0.1) is 25.2 Å². The summed E-state index contributed by atoms with van der Waals surface area (Å²) in [6.07, 6.45) is 0. The fraction of sp³-hybridized carbons (Fsp3) is 0.533. The molecule has 0 heterocycles. The molecular weight excluding hydrogens is 238 g/mol. The van der Waals surface area contributed by atoms with Crippen molar-refractivity contribution in [3.8, 4) is 11.8 Å². The van der Waals surface area contributed by atoms with Crippen molar-refractivity contribution < 1.29 is 4.43 Å². The van der Waals surface area contributed by atoms with Gasteiger partial charge in [0.15, 0.2) is 0 Å². The monoisotopic (exact) mass is 261 g/mol. The molecule has 0 aromatic heterocycles. The summed E-state index contributed by atoms with van der Waals surface area (Å²) in [5, 5.41) is 9.14. The topological polar surface area (TPSA) is 33.0 Å². The number of nitriles is 1. The van der Waals surface area contributed by atoms with Crippen molar-refractivity contribution in [3.05, 3.63) is 28.8 Å². The van der Waals surface area contributed by atoms with Crippen LogP contribution in [-0.2, 0) is 0 Å². The standard InChI is InChI=1S/C15H23NOSi/c1-11-8-13(10-16)9-12(2)14(11)17-18(6,7)15(3,4)5/h8-9H,1-7H3. The van der Waals surface area contributed by atoms with Crippen molar-refractivity contribution in [1.29, 1.82) is 5.26 Å². The summed E-state index contributed by atoms with van der Waals surface area (Å²) in [6, 6.07) is 5.98. The molecule has 0 unspecified atom stereocenters. The zero-order valence-electron chi connectivity index (χ0n) is 12.5. The average Bonchev–Trinajstić information content (AvgIpc) is 2.21. The van der Waals surface area contributed by atoms with Crippen molar-refractivity contribution in [2.45, 2.75) is 52.8 Å². The third kappa shape index (κ3) is 2.94. The fourth-order valence-corrected chi connectivity index (χ4v) is 2.72. The molecule has 0 saturated carbocycles. The Bertz CT molecular complexity index is 469. The summed E-state index contributed by atoms with van der Waals surface area (Å²) >= 11 is 0. The van der Waals surface area contributed by atoms with Gasteiger partial charge in [-0.2, -0.15) is 5.26 Å². The normalized spacial score (nSPS) is 12.1. The second kappa shape index (κ2) is 4.77. The molecule has 0 fully saturated rings. The van der Waals surface area contributed by atoms with Gasteiger partial charge >= 0.3 is 0 Å². The predicted molar refractivity (Wildman–Crippen MR) is 78.5 cm³/mol. The van der Waals surface area contributed by atoms with E-state index in [-0.39, 0.29) is 5.04 Å². The first kappa shape index (κ1) is 14.8. The fourth-order valence-electron chi connectivity index (χ4n) is 1.58. The Morgan fingerprint density at radius 2 is 1.56 bits per heavy atom. The van der Waals surface area contributed by atoms with Gasteiger partial charge in [-0.25, -0.2) is 0 Å². The van der Waals surface area contributed by atoms with Gasteiger partial charge in [0.05, 0.1) is 11.6 Å². The van der Waals surface area contributed by atoms with E-state index in [4.69, 9.17) is 9.69 Å². The third-order valence-corrected chi connectivity index (χ3v) is 8.08. The second-order valence-electron chi connectivity index (χ2n) is 6.41. The van der Waals surface area contributed by atoms with E-state index in [9.17, 15) is 0 Å². The molecule has 0 aliphatic rings. The van der Waals surface area contributed by atoms with Crippen molar-refractivity contribution in [1.82, 2.24) is 0 Å². The zero-order chi connectivity index (χ0) is 14.1. The van der Waals surface area contributed by atoms with Crippen LogP contribution in [0.1, 0.15) is 37.5 Å². The lowest BCUT2D eigenvalue weighted by atomic mass is 10.1. The molecule has 1 aromatic rings. The van der Waals surface area contributed by atoms with Gasteiger partial charge in [0, 0.05) is 0 Å². The van der Waals surface area contributed by atoms with E-state index in [1.54, 1.807) is 0 Å². The summed E-state index contributed by atoms with van der Waals surface area (Å²) < 4.78 is 6.36. The van der Waals surface area contributed by atoms with E-state index in [1.807, 2.05) is 26.0 Å². The van der Waals surface area contributed by atoms with Gasteiger partial charge in [0.1, 0.15) is 5.75 Å². The molecule has 2 nitrogen and oxygen atoms in total. The van der Waals surface area contributed by atoms with Gasteiger partial charge in [-0.15, -0.1) is 0 Å². The van der Waals surface area contributed by atoms with Gasteiger partial charge < -0.3 is 4.43 Å². The average molecular weight is 261 g/mol. The quantitative estimate of drug-likeness (QED) is 0.731. The summed E-state index contributed by atoms with van der Waals surface area (Å²) in [5.74, 6) is 0.959. The number of hydrogen-bond acceptors (Lipinski definition) is 2. The molecule has 1 rings (SSSR count). The molecule has 1 aromatic carbocycles. The molecule has 18 heavy (non-hydrogen) atoms. The van der Waals surface area contributed by atoms with E-state index in [2.05, 4.69) is 39.9 Å². The molecule has 0 aliphatic carbocycles. The van der Waals surface area contributed by atoms with Crippen molar-refractivity contribution >= 4 is 8.32 Å². The minimum atomic E-state index is -1.82. The van der Waals surface area contributed by atoms with E-state index in [0.717, 1.165) is 16.9 Å². The number of hydrogen-bond donors (Lipinski definition) is 0. The Balaban J connectivity index is 3.18. The molecule has 0 radical (unpaired) electrons. The summed E-state index contributed by atoms with van der Waals surface area (Å²) in [7, 11) is -1.82. The Hall–Kier alpha value is -1.27. The first-order valence-corrected chi connectivity index (χ1v) is 9.19. The van der Waals surface area contributed by atoms with Crippen molar-refractivity contribution in [3.63, 3.8) is 0 Å². The summed E-state index contributed by atoms with van der Waals surface area (Å²) in [4.78, 5) is 0. The highest BCUT2D eigenvalue weighted by atomic mass is 28.4. The molecule has 0 saturated heterocycles. The smallest absolute Gasteiger partial charge is 0.250 e. The maximum atomic E-state index is 8.96. The third-order valence-electron chi connectivity index (χ3n) is 3.75. The van der Waals surface area contributed by atoms with Crippen LogP contribution in [0.2, 0.25) is 18.1 Å². The lowest BCUT2D eigenvalue weighted by Gasteiger charge is -2.37. The lowest BCUT2D eigenvalue weighted by molar-refractivity contribution is 0.486. The van der Waals surface area contributed by atoms with Gasteiger partial charge in [-0.1, -0.05) is 20.8 Å². The largest absolute Gasteiger partial charge is 0.543 e. The minimum absolute atomic E-state index is 0.180. The number of rotatable bonds is 2. The van der Waals surface area contributed by atoms with Crippen LogP contribution in [0.15, 0.2) is 12.1 Å². The van der Waals surface area contributed by atoms with Crippen molar-refractivity contribution in [2.24, 2.45) is 0 Å². The maximum absolute atomic E-state index is 8.96. The molecule has 0 bridgehead atoms. The summed E-state index contributed by atoms with van der Waals surface area (Å²) in [5.41, 5.74) is 2.81. The lowest BCUT2D eigenvalue weighted by Crippen LogP contribution is -2.44. The van der Waals surface area contributed by atoms with Crippen LogP contribution < -0.4 is 4.43 Å². The van der Waals surface area contributed by atoms with Crippen LogP contribution in [0.3, 0.4) is 0 Å². The minimum Gasteiger partial charge on any atom is -0.543 e. The van der Waals surface area contributed by atoms with Crippen LogP contribution in [0.4, 0.5) is 0 Å². The Morgan fingerprint density at radius 3 is 1.89 bits per heavy atom. The van der Waals surface area contributed by atoms with E-state index < -0.39 is 8.32 Å². The van der Waals surface area contributed by atoms with Gasteiger partial charge in [0.2, 0.25) is 0 Å². The number of benzene rings is 1. The van der Waals surface area contributed by atoms with Crippen LogP contribution in [0.25, 0.3) is 0 Å². The highest BCUT2D eigenvalue weighted by Gasteiger charge is 2.39. The molecular formula is C15H23NOSi. The Labute approximate surface area is 112 Å². The molecule has 0 amide bonds. The van der Waals surface area contributed by atoms with Gasteiger partial charge in [-0.05, 0) is 55.2 Å². The molecule has 98 valence electrons. The maximum Gasteiger partial charge on any atom is 0.250 e. The second-order valence-corrected chi connectivity index (χ2v) is 11.1. The summed E-state index contributed by atoms with van der Waals surface area (Å²) in [6.45, 7) is 15.2. The molecule has 0 spiro atoms. The highest BCUT2D eigenvalue weighted by Crippen LogP contribution is 2.39. The van der Waals surface area contributed by atoms with E-state index in [1.165, 1.54) is 0 Å². The number of aryl methyl sites for hydroxylation is 2. The van der Waals surface area contributed by atoms with Gasteiger partial charge in [0.25, 0.3) is 8.32 Å². The SMILES string of the molecule is Cc1cc(C#N)cc(C)c1O[Si](C)(C)C(C)(C)C. The first-order chi connectivity index (χ1) is 8.08. The van der Waals surface area contributed by atoms with Gasteiger partial charge in [-0.3, -0.25) is 0 Å². The number of nitrogens with zero attached hydrogens (tertiary/aromatic N) is 1. The predicted octanol–water partition coefficient (Wildman–Crippen LogP) is 4.56. The molecule has 0 N–H and O–H groups in total. The molecule has 0 aliphatic heterocycles. The first-order valence-electron chi connectivity index (χ1n) is 6.29. The molecule has 0 atom stereocenters.